The van der Waals surface area contributed by atoms with Gasteiger partial charge >= 0.3 is 12.4 Å². The van der Waals surface area contributed by atoms with E-state index in [-0.39, 0.29) is 51.8 Å². The second-order valence-corrected chi connectivity index (χ2v) is 14.1. The summed E-state index contributed by atoms with van der Waals surface area (Å²) in [5.74, 6) is -0.277. The fraction of sp³-hybridized carbons (Fsp3) is 0.256. The highest BCUT2D eigenvalue weighted by Gasteiger charge is 2.72. The number of aryl methyl sites for hydroxylation is 3. The van der Waals surface area contributed by atoms with Gasteiger partial charge in [0.1, 0.15) is 11.5 Å². The molecule has 4 aromatic heterocycles. The first-order valence-corrected chi connectivity index (χ1v) is 18.4. The zero-order valence-electron chi connectivity index (χ0n) is 31.5. The number of halogens is 6. The predicted octanol–water partition coefficient (Wildman–Crippen LogP) is 6.97. The molecular formula is C43H34F6N4O6. The zero-order chi connectivity index (χ0) is 42.3. The number of pyridine rings is 2. The van der Waals surface area contributed by atoms with Crippen LogP contribution in [0.1, 0.15) is 40.7 Å². The van der Waals surface area contributed by atoms with Crippen LogP contribution in [0.5, 0.6) is 11.5 Å². The second-order valence-electron chi connectivity index (χ2n) is 14.1. The molecule has 304 valence electrons. The Bertz CT molecular complexity index is 2790. The molecule has 0 fully saturated rings. The van der Waals surface area contributed by atoms with E-state index in [1.807, 2.05) is 12.1 Å². The fourth-order valence-electron chi connectivity index (χ4n) is 7.40. The van der Waals surface area contributed by atoms with Crippen LogP contribution in [0.25, 0.3) is 27.2 Å². The summed E-state index contributed by atoms with van der Waals surface area (Å²) in [5.41, 5.74) is -9.88. The van der Waals surface area contributed by atoms with Crippen molar-refractivity contribution >= 4 is 21.5 Å². The zero-order valence-corrected chi connectivity index (χ0v) is 31.5. The van der Waals surface area contributed by atoms with Crippen molar-refractivity contribution in [1.82, 2.24) is 19.1 Å². The molecule has 0 N–H and O–H groups in total. The number of ether oxygens (including phenoxy) is 2. The molecule has 0 aliphatic rings. The maximum Gasteiger partial charge on any atom is 0.411 e. The minimum absolute atomic E-state index is 0.00166. The summed E-state index contributed by atoms with van der Waals surface area (Å²) >= 11 is 0. The van der Waals surface area contributed by atoms with Crippen molar-refractivity contribution in [1.29, 1.82) is 0 Å². The van der Waals surface area contributed by atoms with Crippen molar-refractivity contribution in [3.05, 3.63) is 167 Å². The molecule has 7 aromatic rings. The van der Waals surface area contributed by atoms with E-state index in [0.717, 1.165) is 46.0 Å². The molecule has 59 heavy (non-hydrogen) atoms. The van der Waals surface area contributed by atoms with Crippen molar-refractivity contribution in [2.45, 2.75) is 50.4 Å². The minimum atomic E-state index is -6.02. The van der Waals surface area contributed by atoms with Gasteiger partial charge < -0.3 is 9.47 Å². The number of hydrogen-bond acceptors (Lipinski definition) is 8. The van der Waals surface area contributed by atoms with Crippen molar-refractivity contribution in [3.8, 4) is 17.2 Å². The molecule has 0 radical (unpaired) electrons. The number of benzene rings is 3. The molecule has 0 saturated carbocycles. The van der Waals surface area contributed by atoms with Crippen LogP contribution in [0.4, 0.5) is 26.3 Å². The molecule has 16 heteroatoms. The van der Waals surface area contributed by atoms with Crippen molar-refractivity contribution < 1.29 is 35.8 Å². The van der Waals surface area contributed by atoms with Crippen LogP contribution in [0.3, 0.4) is 0 Å². The number of hydrogen-bond donors (Lipinski definition) is 0. The number of nitrogens with zero attached hydrogens (tertiary/aromatic N) is 4. The molecule has 0 unspecified atom stereocenters. The van der Waals surface area contributed by atoms with Crippen LogP contribution in [0, 0.1) is 6.92 Å². The SMILES string of the molecule is Cc1cc(C(c2ccc(OCCCc3ccncc3)c(-n3c(=O)c4cc5c(=O)n(C)c(=O)c5cc4c3=O)c2)(C(F)(F)F)C(F)(F)F)ccc1OCCCc1ccncc1. The van der Waals surface area contributed by atoms with Crippen molar-refractivity contribution in [3.63, 3.8) is 0 Å². The van der Waals surface area contributed by atoms with Gasteiger partial charge in [-0.2, -0.15) is 26.3 Å². The average molecular weight is 817 g/mol. The van der Waals surface area contributed by atoms with Gasteiger partial charge in [0, 0.05) is 31.8 Å². The van der Waals surface area contributed by atoms with E-state index in [1.54, 1.807) is 36.9 Å². The van der Waals surface area contributed by atoms with E-state index in [9.17, 15) is 19.2 Å². The standard InChI is InChI=1S/C43H34F6N4O6/c1-25-21-28(7-9-35(25)58-19-3-5-26-11-15-50-16-12-26)41(42(44,45)46,43(47,48)49)29-8-10-36(59-20-4-6-27-13-17-51-18-14-27)34(22-29)53-39(56)32-23-30-31(24-33(32)40(53)57)38(55)52(2)37(30)54/h7-18,21-24H,3-6,19-20H2,1-2H3. The van der Waals surface area contributed by atoms with Gasteiger partial charge in [-0.1, -0.05) is 18.2 Å². The lowest BCUT2D eigenvalue weighted by Crippen LogP contribution is -2.54. The lowest BCUT2D eigenvalue weighted by molar-refractivity contribution is -0.288. The Labute approximate surface area is 330 Å². The summed E-state index contributed by atoms with van der Waals surface area (Å²) in [5, 5.41) is -1.12. The minimum Gasteiger partial charge on any atom is -0.493 e. The van der Waals surface area contributed by atoms with Crippen LogP contribution in [-0.2, 0) is 25.3 Å². The molecule has 0 aliphatic carbocycles. The lowest BCUT2D eigenvalue weighted by atomic mass is 9.72. The normalized spacial score (nSPS) is 12.4. The Morgan fingerprint density at radius 1 is 0.559 bits per heavy atom. The van der Waals surface area contributed by atoms with E-state index in [2.05, 4.69) is 9.97 Å². The number of aromatic nitrogens is 4. The Hall–Kier alpha value is -6.58. The van der Waals surface area contributed by atoms with Gasteiger partial charge in [-0.15, -0.1) is 0 Å². The summed E-state index contributed by atoms with van der Waals surface area (Å²) in [6.07, 6.45) is -3.77. The first kappa shape index (κ1) is 40.6. The second kappa shape index (κ2) is 15.6. The van der Waals surface area contributed by atoms with Gasteiger partial charge in [-0.05, 0) is 115 Å². The third kappa shape index (κ3) is 7.27. The lowest BCUT2D eigenvalue weighted by Gasteiger charge is -2.39. The van der Waals surface area contributed by atoms with Crippen molar-refractivity contribution in [2.75, 3.05) is 13.2 Å². The van der Waals surface area contributed by atoms with Gasteiger partial charge in [0.05, 0.1) is 40.4 Å². The highest BCUT2D eigenvalue weighted by molar-refractivity contribution is 5.98. The molecule has 0 amide bonds. The topological polar surface area (TPSA) is 122 Å². The number of fused-ring (bicyclic) bond motifs is 2. The fourth-order valence-corrected chi connectivity index (χ4v) is 7.40. The highest BCUT2D eigenvalue weighted by atomic mass is 19.4. The summed E-state index contributed by atoms with van der Waals surface area (Å²) in [7, 11) is 1.20. The molecule has 0 atom stereocenters. The maximum absolute atomic E-state index is 15.5. The summed E-state index contributed by atoms with van der Waals surface area (Å²) < 4.78 is 106. The van der Waals surface area contributed by atoms with Crippen molar-refractivity contribution in [2.24, 2.45) is 7.05 Å². The molecule has 0 saturated heterocycles. The quantitative estimate of drug-likeness (QED) is 0.0904. The van der Waals surface area contributed by atoms with Gasteiger partial charge in [0.25, 0.3) is 22.2 Å². The number of alkyl halides is 6. The van der Waals surface area contributed by atoms with E-state index >= 15 is 26.3 Å². The van der Waals surface area contributed by atoms with E-state index in [0.29, 0.717) is 48.4 Å². The van der Waals surface area contributed by atoms with E-state index < -0.39 is 56.8 Å². The Morgan fingerprint density at radius 2 is 0.983 bits per heavy atom. The van der Waals surface area contributed by atoms with Crippen LogP contribution in [-0.4, -0.2) is 44.7 Å². The van der Waals surface area contributed by atoms with Gasteiger partial charge in [0.2, 0.25) is 5.41 Å². The highest BCUT2D eigenvalue weighted by Crippen LogP contribution is 2.57. The van der Waals surface area contributed by atoms with Gasteiger partial charge in [0.15, 0.2) is 0 Å². The van der Waals surface area contributed by atoms with Crippen LogP contribution >= 0.6 is 0 Å². The molecule has 0 bridgehead atoms. The third-order valence-electron chi connectivity index (χ3n) is 10.4. The van der Waals surface area contributed by atoms with Gasteiger partial charge in [-0.3, -0.25) is 33.7 Å². The molecule has 10 nitrogen and oxygen atoms in total. The number of rotatable bonds is 13. The van der Waals surface area contributed by atoms with Crippen LogP contribution in [0.2, 0.25) is 0 Å². The first-order valence-electron chi connectivity index (χ1n) is 18.4. The summed E-state index contributed by atoms with van der Waals surface area (Å²) in [4.78, 5) is 61.4. The molecule has 7 rings (SSSR count). The summed E-state index contributed by atoms with van der Waals surface area (Å²) in [6, 6.07) is 13.6. The molecule has 0 spiro atoms. The third-order valence-corrected chi connectivity index (χ3v) is 10.4. The Morgan fingerprint density at radius 3 is 1.44 bits per heavy atom. The van der Waals surface area contributed by atoms with E-state index in [1.165, 1.54) is 14.0 Å². The van der Waals surface area contributed by atoms with Crippen LogP contribution < -0.4 is 31.7 Å². The van der Waals surface area contributed by atoms with Gasteiger partial charge in [-0.25, -0.2) is 4.57 Å². The molecular weight excluding hydrogens is 782 g/mol. The monoisotopic (exact) mass is 816 g/mol. The maximum atomic E-state index is 15.5. The Kier molecular flexibility index (Phi) is 10.8. The first-order chi connectivity index (χ1) is 28.0. The van der Waals surface area contributed by atoms with Crippen LogP contribution in [0.15, 0.2) is 117 Å². The predicted molar refractivity (Wildman–Crippen MR) is 207 cm³/mol. The van der Waals surface area contributed by atoms with E-state index in [4.69, 9.17) is 9.47 Å². The molecule has 3 aromatic carbocycles. The smallest absolute Gasteiger partial charge is 0.411 e. The molecule has 0 aliphatic heterocycles. The Balaban J connectivity index is 1.35. The largest absolute Gasteiger partial charge is 0.493 e. The summed E-state index contributed by atoms with van der Waals surface area (Å²) in [6.45, 7) is 1.34. The molecule has 4 heterocycles. The average Bonchev–Trinajstić information content (AvgIpc) is 3.57.